The normalized spacial score (nSPS) is 15.4. The van der Waals surface area contributed by atoms with Crippen molar-refractivity contribution in [3.63, 3.8) is 0 Å². The first-order valence-electron chi connectivity index (χ1n) is 10.7. The minimum absolute atomic E-state index is 0.227. The van der Waals surface area contributed by atoms with E-state index >= 15 is 0 Å². The van der Waals surface area contributed by atoms with Gasteiger partial charge in [-0.15, -0.1) is 0 Å². The first-order chi connectivity index (χ1) is 14.2. The van der Waals surface area contributed by atoms with E-state index in [9.17, 15) is 4.79 Å². The van der Waals surface area contributed by atoms with E-state index in [0.29, 0.717) is 11.7 Å². The third kappa shape index (κ3) is 6.86. The molecular weight excluding hydrogens is 378 g/mol. The number of aromatic nitrogens is 1. The molecule has 2 heterocycles. The second-order valence-electron chi connectivity index (χ2n) is 7.85. The van der Waals surface area contributed by atoms with E-state index in [0.717, 1.165) is 44.2 Å². The van der Waals surface area contributed by atoms with Crippen LogP contribution in [0.1, 0.15) is 30.9 Å². The van der Waals surface area contributed by atoms with Crippen LogP contribution in [0.4, 0.5) is 0 Å². The Kier molecular flexibility index (Phi) is 8.56. The van der Waals surface area contributed by atoms with Gasteiger partial charge in [-0.05, 0) is 75.4 Å². The molecule has 0 aliphatic carbocycles. The van der Waals surface area contributed by atoms with Crippen LogP contribution in [0.25, 0.3) is 0 Å². The quantitative estimate of drug-likeness (QED) is 0.577. The van der Waals surface area contributed by atoms with Gasteiger partial charge in [0.1, 0.15) is 0 Å². The summed E-state index contributed by atoms with van der Waals surface area (Å²) in [4.78, 5) is 21.5. The first-order valence-corrected chi connectivity index (χ1v) is 11.7. The van der Waals surface area contributed by atoms with Crippen molar-refractivity contribution >= 4 is 17.7 Å². The Balaban J connectivity index is 1.39. The van der Waals surface area contributed by atoms with Crippen molar-refractivity contribution in [2.75, 3.05) is 38.5 Å². The summed E-state index contributed by atoms with van der Waals surface area (Å²) in [5.74, 6) is 1.32. The number of aryl methyl sites for hydroxylation is 1. The van der Waals surface area contributed by atoms with E-state index in [1.165, 1.54) is 35.7 Å². The van der Waals surface area contributed by atoms with Gasteiger partial charge in [-0.1, -0.05) is 42.1 Å². The molecule has 0 spiro atoms. The maximum Gasteiger partial charge on any atom is 0.232 e. The fraction of sp³-hybridized carbons (Fsp3) is 0.500. The maximum atomic E-state index is 12.6. The van der Waals surface area contributed by atoms with Gasteiger partial charge in [0, 0.05) is 25.8 Å². The van der Waals surface area contributed by atoms with E-state index in [4.69, 9.17) is 0 Å². The van der Waals surface area contributed by atoms with E-state index in [2.05, 4.69) is 48.0 Å². The Labute approximate surface area is 179 Å². The van der Waals surface area contributed by atoms with Crippen molar-refractivity contribution in [1.82, 2.24) is 14.8 Å². The zero-order valence-electron chi connectivity index (χ0n) is 17.7. The molecule has 5 heteroatoms. The van der Waals surface area contributed by atoms with Crippen molar-refractivity contribution in [2.24, 2.45) is 5.92 Å². The summed E-state index contributed by atoms with van der Waals surface area (Å²) in [6.07, 6.45) is 5.27. The highest BCUT2D eigenvalue weighted by Crippen LogP contribution is 2.21. The van der Waals surface area contributed by atoms with Crippen molar-refractivity contribution in [1.29, 1.82) is 0 Å². The molecule has 2 aromatic rings. The Morgan fingerprint density at radius 2 is 1.93 bits per heavy atom. The molecule has 1 aromatic heterocycles. The van der Waals surface area contributed by atoms with Crippen molar-refractivity contribution < 1.29 is 4.79 Å². The SMILES string of the molecule is CCN(CC1CCN(CCc2ccccc2C)CC1)C(=O)CSc1ccccn1. The van der Waals surface area contributed by atoms with E-state index < -0.39 is 0 Å². The number of nitrogens with zero attached hydrogens (tertiary/aromatic N) is 3. The van der Waals surface area contributed by atoms with E-state index in [-0.39, 0.29) is 5.91 Å². The number of likely N-dealkylation sites (tertiary alicyclic amines) is 1. The molecule has 1 aromatic carbocycles. The minimum atomic E-state index is 0.227. The van der Waals surface area contributed by atoms with Gasteiger partial charge in [-0.3, -0.25) is 4.79 Å². The highest BCUT2D eigenvalue weighted by molar-refractivity contribution is 7.99. The molecular formula is C24H33N3OS. The molecule has 4 nitrogen and oxygen atoms in total. The average molecular weight is 412 g/mol. The van der Waals surface area contributed by atoms with Crippen LogP contribution in [0, 0.1) is 12.8 Å². The lowest BCUT2D eigenvalue weighted by Crippen LogP contribution is -2.42. The Bertz CT molecular complexity index is 760. The number of hydrogen-bond acceptors (Lipinski definition) is 4. The monoisotopic (exact) mass is 411 g/mol. The standard InChI is InChI=1S/C24H33N3OS/c1-3-27(24(28)19-29-23-10-6-7-14-25-23)18-21-11-15-26(16-12-21)17-13-22-9-5-4-8-20(22)2/h4-10,14,21H,3,11-13,15-19H2,1-2H3. The summed E-state index contributed by atoms with van der Waals surface area (Å²) in [6.45, 7) is 9.38. The number of rotatable bonds is 9. The van der Waals surface area contributed by atoms with Gasteiger partial charge in [0.05, 0.1) is 10.8 Å². The summed E-state index contributed by atoms with van der Waals surface area (Å²) in [5.41, 5.74) is 2.85. The zero-order chi connectivity index (χ0) is 20.5. The Morgan fingerprint density at radius 1 is 1.17 bits per heavy atom. The molecule has 1 amide bonds. The Hall–Kier alpha value is -1.85. The molecule has 0 atom stereocenters. The molecule has 156 valence electrons. The number of hydrogen-bond donors (Lipinski definition) is 0. The van der Waals surface area contributed by atoms with Gasteiger partial charge in [0.2, 0.25) is 5.91 Å². The fourth-order valence-electron chi connectivity index (χ4n) is 3.94. The molecule has 29 heavy (non-hydrogen) atoms. The number of carbonyl (C=O) groups excluding carboxylic acids is 1. The van der Waals surface area contributed by atoms with Crippen molar-refractivity contribution in [2.45, 2.75) is 38.1 Å². The third-order valence-corrected chi connectivity index (χ3v) is 6.79. The van der Waals surface area contributed by atoms with Gasteiger partial charge in [-0.25, -0.2) is 4.98 Å². The maximum absolute atomic E-state index is 12.6. The molecule has 0 radical (unpaired) electrons. The van der Waals surface area contributed by atoms with Crippen LogP contribution >= 0.6 is 11.8 Å². The molecule has 0 unspecified atom stereocenters. The largest absolute Gasteiger partial charge is 0.342 e. The predicted octanol–water partition coefficient (Wildman–Crippen LogP) is 4.29. The van der Waals surface area contributed by atoms with Gasteiger partial charge in [-0.2, -0.15) is 0 Å². The average Bonchev–Trinajstić information content (AvgIpc) is 2.77. The molecule has 0 N–H and O–H groups in total. The number of benzene rings is 1. The van der Waals surface area contributed by atoms with Gasteiger partial charge in [0.25, 0.3) is 0 Å². The van der Waals surface area contributed by atoms with E-state index in [1.807, 2.05) is 23.1 Å². The second-order valence-corrected chi connectivity index (χ2v) is 8.85. The summed E-state index contributed by atoms with van der Waals surface area (Å²) in [5, 5.41) is 0.916. The topological polar surface area (TPSA) is 36.4 Å². The number of pyridine rings is 1. The van der Waals surface area contributed by atoms with Gasteiger partial charge >= 0.3 is 0 Å². The van der Waals surface area contributed by atoms with Gasteiger partial charge < -0.3 is 9.80 Å². The van der Waals surface area contributed by atoms with Crippen molar-refractivity contribution in [3.05, 3.63) is 59.8 Å². The number of amides is 1. The summed E-state index contributed by atoms with van der Waals surface area (Å²) >= 11 is 1.53. The van der Waals surface area contributed by atoms with Crippen LogP contribution in [0.15, 0.2) is 53.7 Å². The van der Waals surface area contributed by atoms with Gasteiger partial charge in [0.15, 0.2) is 0 Å². The minimum Gasteiger partial charge on any atom is -0.342 e. The number of carbonyl (C=O) groups is 1. The fourth-order valence-corrected chi connectivity index (χ4v) is 4.70. The van der Waals surface area contributed by atoms with Crippen molar-refractivity contribution in [3.8, 4) is 0 Å². The second kappa shape index (κ2) is 11.4. The Morgan fingerprint density at radius 3 is 2.62 bits per heavy atom. The van der Waals surface area contributed by atoms with E-state index in [1.54, 1.807) is 6.20 Å². The molecule has 0 bridgehead atoms. The molecule has 3 rings (SSSR count). The number of thioether (sulfide) groups is 1. The lowest BCUT2D eigenvalue weighted by molar-refractivity contribution is -0.129. The summed E-state index contributed by atoms with van der Waals surface area (Å²) in [7, 11) is 0. The third-order valence-electron chi connectivity index (χ3n) is 5.86. The molecule has 1 saturated heterocycles. The highest BCUT2D eigenvalue weighted by atomic mass is 32.2. The molecule has 1 fully saturated rings. The van der Waals surface area contributed by atoms with Crippen LogP contribution in [0.3, 0.4) is 0 Å². The molecule has 1 aliphatic rings. The first kappa shape index (κ1) is 21.8. The van der Waals surface area contributed by atoms with Crippen LogP contribution in [0.5, 0.6) is 0 Å². The summed E-state index contributed by atoms with van der Waals surface area (Å²) in [6, 6.07) is 14.5. The van der Waals surface area contributed by atoms with Crippen LogP contribution < -0.4 is 0 Å². The zero-order valence-corrected chi connectivity index (χ0v) is 18.5. The lowest BCUT2D eigenvalue weighted by Gasteiger charge is -2.34. The molecule has 1 aliphatic heterocycles. The smallest absolute Gasteiger partial charge is 0.232 e. The van der Waals surface area contributed by atoms with Crippen LogP contribution in [-0.2, 0) is 11.2 Å². The summed E-state index contributed by atoms with van der Waals surface area (Å²) < 4.78 is 0. The lowest BCUT2D eigenvalue weighted by atomic mass is 9.95. The number of piperidine rings is 1. The predicted molar refractivity (Wildman–Crippen MR) is 121 cm³/mol. The van der Waals surface area contributed by atoms with Crippen LogP contribution in [0.2, 0.25) is 0 Å². The highest BCUT2D eigenvalue weighted by Gasteiger charge is 2.23. The van der Waals surface area contributed by atoms with Crippen LogP contribution in [-0.4, -0.2) is 59.2 Å². The molecule has 0 saturated carbocycles.